The SMILES string of the molecule is C=NOC(C)=NCC. The van der Waals surface area contributed by atoms with Gasteiger partial charge in [-0.3, -0.25) is 4.99 Å². The van der Waals surface area contributed by atoms with E-state index in [1.54, 1.807) is 6.92 Å². The minimum absolute atomic E-state index is 0.558. The van der Waals surface area contributed by atoms with Crippen LogP contribution in [-0.2, 0) is 4.84 Å². The van der Waals surface area contributed by atoms with Gasteiger partial charge in [-0.2, -0.15) is 0 Å². The molecule has 0 spiro atoms. The molecule has 8 heavy (non-hydrogen) atoms. The highest BCUT2D eigenvalue weighted by Crippen LogP contribution is 1.79. The van der Waals surface area contributed by atoms with Gasteiger partial charge in [0.2, 0.25) is 5.90 Å². The maximum absolute atomic E-state index is 4.55. The molecule has 46 valence electrons. The standard InChI is InChI=1S/C5H10N2O/c1-4-7-5(2)8-6-3/h3-4H2,1-2H3. The Morgan fingerprint density at radius 3 is 2.75 bits per heavy atom. The number of hydrogen-bond donors (Lipinski definition) is 0. The first kappa shape index (κ1) is 7.14. The Hall–Kier alpha value is -0.860. The molecule has 0 saturated heterocycles. The average Bonchev–Trinajstić information content (AvgIpc) is 1.68. The molecule has 0 bridgehead atoms. The van der Waals surface area contributed by atoms with E-state index in [0.717, 1.165) is 6.54 Å². The lowest BCUT2D eigenvalue weighted by atomic mass is 10.7. The summed E-state index contributed by atoms with van der Waals surface area (Å²) < 4.78 is 0. The van der Waals surface area contributed by atoms with E-state index in [2.05, 4.69) is 21.7 Å². The van der Waals surface area contributed by atoms with Crippen molar-refractivity contribution in [3.05, 3.63) is 0 Å². The Labute approximate surface area is 49.1 Å². The van der Waals surface area contributed by atoms with Crippen LogP contribution in [0.5, 0.6) is 0 Å². The Morgan fingerprint density at radius 1 is 1.75 bits per heavy atom. The highest BCUT2D eigenvalue weighted by Gasteiger charge is 1.82. The predicted octanol–water partition coefficient (Wildman–Crippen LogP) is 1.06. The Bertz CT molecular complexity index is 98.6. The first-order chi connectivity index (χ1) is 3.81. The van der Waals surface area contributed by atoms with E-state index in [-0.39, 0.29) is 0 Å². The van der Waals surface area contributed by atoms with Gasteiger partial charge in [-0.15, -0.1) is 0 Å². The monoisotopic (exact) mass is 114 g/mol. The number of aliphatic imine (C=N–C) groups is 1. The van der Waals surface area contributed by atoms with Gasteiger partial charge in [0, 0.05) is 20.2 Å². The van der Waals surface area contributed by atoms with Crippen LogP contribution in [0.25, 0.3) is 0 Å². The molecule has 0 unspecified atom stereocenters. The normalized spacial score (nSPS) is 11.0. The lowest BCUT2D eigenvalue weighted by Crippen LogP contribution is -1.92. The molecule has 3 nitrogen and oxygen atoms in total. The molecule has 0 aliphatic rings. The Kier molecular flexibility index (Phi) is 3.84. The van der Waals surface area contributed by atoms with Gasteiger partial charge in [0.15, 0.2) is 0 Å². The Morgan fingerprint density at radius 2 is 2.38 bits per heavy atom. The molecule has 0 saturated carbocycles. The van der Waals surface area contributed by atoms with Crippen molar-refractivity contribution in [1.29, 1.82) is 0 Å². The summed E-state index contributed by atoms with van der Waals surface area (Å²) >= 11 is 0. The van der Waals surface area contributed by atoms with Crippen molar-refractivity contribution in [2.75, 3.05) is 6.54 Å². The number of rotatable bonds is 2. The van der Waals surface area contributed by atoms with Gasteiger partial charge in [-0.05, 0) is 6.92 Å². The van der Waals surface area contributed by atoms with Gasteiger partial charge in [0.1, 0.15) is 0 Å². The van der Waals surface area contributed by atoms with Crippen LogP contribution < -0.4 is 0 Å². The van der Waals surface area contributed by atoms with Crippen LogP contribution >= 0.6 is 0 Å². The minimum Gasteiger partial charge on any atom is -0.343 e. The molecule has 3 heteroatoms. The van der Waals surface area contributed by atoms with Crippen molar-refractivity contribution in [2.24, 2.45) is 10.1 Å². The molecule has 0 N–H and O–H groups in total. The summed E-state index contributed by atoms with van der Waals surface area (Å²) in [6.07, 6.45) is 0. The van der Waals surface area contributed by atoms with Crippen LogP contribution in [0.1, 0.15) is 13.8 Å². The molecule has 0 fully saturated rings. The molecule has 0 aliphatic heterocycles. The fraction of sp³-hybridized carbons (Fsp3) is 0.600. The van der Waals surface area contributed by atoms with E-state index in [1.807, 2.05) is 6.92 Å². The second kappa shape index (κ2) is 4.30. The second-order valence-corrected chi connectivity index (χ2v) is 1.21. The molecule has 0 aromatic rings. The van der Waals surface area contributed by atoms with Crippen LogP contribution in [0.2, 0.25) is 0 Å². The van der Waals surface area contributed by atoms with E-state index >= 15 is 0 Å². The lowest BCUT2D eigenvalue weighted by Gasteiger charge is -1.91. The summed E-state index contributed by atoms with van der Waals surface area (Å²) in [6, 6.07) is 0. The maximum Gasteiger partial charge on any atom is 0.217 e. The lowest BCUT2D eigenvalue weighted by molar-refractivity contribution is 0.328. The molecular formula is C5H10N2O. The topological polar surface area (TPSA) is 34.0 Å². The quantitative estimate of drug-likeness (QED) is 0.300. The van der Waals surface area contributed by atoms with Gasteiger partial charge >= 0.3 is 0 Å². The third-order valence-electron chi connectivity index (χ3n) is 0.577. The number of nitrogens with zero attached hydrogens (tertiary/aromatic N) is 2. The van der Waals surface area contributed by atoms with Gasteiger partial charge in [-0.1, -0.05) is 5.16 Å². The van der Waals surface area contributed by atoms with Crippen LogP contribution in [0.4, 0.5) is 0 Å². The zero-order chi connectivity index (χ0) is 6.41. The van der Waals surface area contributed by atoms with Crippen molar-refractivity contribution in [1.82, 2.24) is 0 Å². The summed E-state index contributed by atoms with van der Waals surface area (Å²) in [5.74, 6) is 0.558. The molecule has 0 atom stereocenters. The van der Waals surface area contributed by atoms with Gasteiger partial charge in [0.25, 0.3) is 0 Å². The summed E-state index contributed by atoms with van der Waals surface area (Å²) in [5, 5.41) is 3.17. The number of oxime groups is 1. The summed E-state index contributed by atoms with van der Waals surface area (Å²) in [6.45, 7) is 7.51. The molecular weight excluding hydrogens is 104 g/mol. The smallest absolute Gasteiger partial charge is 0.217 e. The zero-order valence-corrected chi connectivity index (χ0v) is 5.22. The van der Waals surface area contributed by atoms with Crippen molar-refractivity contribution in [3.8, 4) is 0 Å². The first-order valence-electron chi connectivity index (χ1n) is 2.45. The summed E-state index contributed by atoms with van der Waals surface area (Å²) in [5.41, 5.74) is 0. The van der Waals surface area contributed by atoms with Crippen molar-refractivity contribution in [2.45, 2.75) is 13.8 Å². The molecule has 0 rings (SSSR count). The van der Waals surface area contributed by atoms with Crippen molar-refractivity contribution >= 4 is 12.6 Å². The molecule has 0 radical (unpaired) electrons. The summed E-state index contributed by atoms with van der Waals surface area (Å²) in [7, 11) is 0. The molecule has 0 aliphatic carbocycles. The third-order valence-corrected chi connectivity index (χ3v) is 0.577. The van der Waals surface area contributed by atoms with Crippen molar-refractivity contribution in [3.63, 3.8) is 0 Å². The molecule has 0 heterocycles. The van der Waals surface area contributed by atoms with E-state index in [4.69, 9.17) is 0 Å². The van der Waals surface area contributed by atoms with E-state index in [0.29, 0.717) is 5.90 Å². The fourth-order valence-electron chi connectivity index (χ4n) is 0.345. The first-order valence-corrected chi connectivity index (χ1v) is 2.45. The highest BCUT2D eigenvalue weighted by molar-refractivity contribution is 5.72. The van der Waals surface area contributed by atoms with Gasteiger partial charge < -0.3 is 4.84 Å². The van der Waals surface area contributed by atoms with Crippen LogP contribution in [0.15, 0.2) is 10.1 Å². The minimum atomic E-state index is 0.558. The highest BCUT2D eigenvalue weighted by atomic mass is 16.6. The van der Waals surface area contributed by atoms with E-state index in [9.17, 15) is 0 Å². The van der Waals surface area contributed by atoms with Crippen LogP contribution in [0, 0.1) is 0 Å². The van der Waals surface area contributed by atoms with Crippen LogP contribution in [0.3, 0.4) is 0 Å². The fourth-order valence-corrected chi connectivity index (χ4v) is 0.345. The van der Waals surface area contributed by atoms with E-state index in [1.165, 1.54) is 0 Å². The predicted molar refractivity (Wildman–Crippen MR) is 34.3 cm³/mol. The molecule has 0 amide bonds. The second-order valence-electron chi connectivity index (χ2n) is 1.21. The van der Waals surface area contributed by atoms with Crippen LogP contribution in [-0.4, -0.2) is 19.2 Å². The van der Waals surface area contributed by atoms with Gasteiger partial charge in [0.05, 0.1) is 0 Å². The maximum atomic E-state index is 4.55. The third kappa shape index (κ3) is 3.33. The Balaban J connectivity index is 3.44. The van der Waals surface area contributed by atoms with E-state index < -0.39 is 0 Å². The van der Waals surface area contributed by atoms with Gasteiger partial charge in [-0.25, -0.2) is 0 Å². The molecule has 0 aromatic carbocycles. The average molecular weight is 114 g/mol. The summed E-state index contributed by atoms with van der Waals surface area (Å²) in [4.78, 5) is 8.42. The molecule has 0 aromatic heterocycles. The zero-order valence-electron chi connectivity index (χ0n) is 5.22. The van der Waals surface area contributed by atoms with Crippen molar-refractivity contribution < 1.29 is 4.84 Å². The largest absolute Gasteiger partial charge is 0.343 e. The number of hydrogen-bond acceptors (Lipinski definition) is 3.